The van der Waals surface area contributed by atoms with E-state index in [1.807, 2.05) is 60.7 Å². The van der Waals surface area contributed by atoms with Crippen LogP contribution in [0, 0.1) is 0 Å². The molecule has 0 spiro atoms. The fourth-order valence-corrected chi connectivity index (χ4v) is 3.47. The van der Waals surface area contributed by atoms with Gasteiger partial charge in [0.05, 0.1) is 13.0 Å². The summed E-state index contributed by atoms with van der Waals surface area (Å²) in [5, 5.41) is 3.08. The van der Waals surface area contributed by atoms with E-state index in [-0.39, 0.29) is 11.8 Å². The fourth-order valence-electron chi connectivity index (χ4n) is 3.47. The smallest absolute Gasteiger partial charge is 0.232 e. The largest absolute Gasteiger partial charge is 0.497 e. The second-order valence-electron chi connectivity index (χ2n) is 6.17. The van der Waals surface area contributed by atoms with E-state index >= 15 is 0 Å². The van der Waals surface area contributed by atoms with Crippen LogP contribution in [0.4, 0.5) is 0 Å². The van der Waals surface area contributed by atoms with Crippen LogP contribution in [0.3, 0.4) is 0 Å². The maximum absolute atomic E-state index is 12.9. The first-order chi connectivity index (χ1) is 12.3. The van der Waals surface area contributed by atoms with E-state index in [0.29, 0.717) is 6.54 Å². The fraction of sp³-hybridized carbons (Fsp3) is 0.136. The maximum Gasteiger partial charge on any atom is 0.232 e. The van der Waals surface area contributed by atoms with Crippen LogP contribution in [-0.2, 0) is 11.3 Å². The normalized spacial score (nSPS) is 12.4. The SMILES string of the molecule is COc1ccc(CNC(=O)C2c3ccccc3-c3ccccc32)cc1. The number of fused-ring (bicyclic) bond motifs is 3. The van der Waals surface area contributed by atoms with Gasteiger partial charge in [-0.25, -0.2) is 0 Å². The third-order valence-electron chi connectivity index (χ3n) is 4.72. The van der Waals surface area contributed by atoms with Gasteiger partial charge in [0.25, 0.3) is 0 Å². The summed E-state index contributed by atoms with van der Waals surface area (Å²) in [5.41, 5.74) is 5.52. The molecule has 1 amide bonds. The highest BCUT2D eigenvalue weighted by atomic mass is 16.5. The summed E-state index contributed by atoms with van der Waals surface area (Å²) in [5.74, 6) is 0.604. The van der Waals surface area contributed by atoms with E-state index in [1.54, 1.807) is 7.11 Å². The molecule has 0 unspecified atom stereocenters. The quantitative estimate of drug-likeness (QED) is 0.782. The third-order valence-corrected chi connectivity index (χ3v) is 4.72. The molecule has 3 aromatic rings. The van der Waals surface area contributed by atoms with Crippen molar-refractivity contribution in [2.45, 2.75) is 12.5 Å². The highest BCUT2D eigenvalue weighted by molar-refractivity contribution is 5.96. The maximum atomic E-state index is 12.9. The van der Waals surface area contributed by atoms with Crippen molar-refractivity contribution in [3.8, 4) is 16.9 Å². The summed E-state index contributed by atoms with van der Waals surface area (Å²) < 4.78 is 5.17. The lowest BCUT2D eigenvalue weighted by Crippen LogP contribution is -2.28. The first-order valence-corrected chi connectivity index (χ1v) is 8.37. The highest BCUT2D eigenvalue weighted by Crippen LogP contribution is 2.44. The van der Waals surface area contributed by atoms with Gasteiger partial charge in [-0.15, -0.1) is 0 Å². The van der Waals surface area contributed by atoms with E-state index in [2.05, 4.69) is 17.4 Å². The summed E-state index contributed by atoms with van der Waals surface area (Å²) in [6.45, 7) is 0.504. The Morgan fingerprint density at radius 2 is 1.44 bits per heavy atom. The molecule has 1 N–H and O–H groups in total. The molecule has 0 heterocycles. The number of methoxy groups -OCH3 is 1. The Morgan fingerprint density at radius 3 is 2.00 bits per heavy atom. The molecule has 4 rings (SSSR count). The molecule has 0 saturated carbocycles. The molecule has 3 aromatic carbocycles. The Bertz CT molecular complexity index is 870. The van der Waals surface area contributed by atoms with E-state index in [4.69, 9.17) is 4.74 Å². The molecule has 3 heteroatoms. The number of hydrogen-bond acceptors (Lipinski definition) is 2. The zero-order valence-corrected chi connectivity index (χ0v) is 14.0. The molecule has 124 valence electrons. The van der Waals surface area contributed by atoms with E-state index in [1.165, 1.54) is 0 Å². The summed E-state index contributed by atoms with van der Waals surface area (Å²) in [6, 6.07) is 24.0. The third kappa shape index (κ3) is 2.78. The Balaban J connectivity index is 1.57. The van der Waals surface area contributed by atoms with Gasteiger partial charge in [0.1, 0.15) is 5.75 Å². The molecular weight excluding hydrogens is 310 g/mol. The standard InChI is InChI=1S/C22H19NO2/c1-25-16-12-10-15(11-13-16)14-23-22(24)21-19-8-4-2-6-17(19)18-7-3-5-9-20(18)21/h2-13,21H,14H2,1H3,(H,23,24). The number of nitrogens with one attached hydrogen (secondary N) is 1. The summed E-state index contributed by atoms with van der Waals surface area (Å²) in [7, 11) is 1.64. The van der Waals surface area contributed by atoms with E-state index < -0.39 is 0 Å². The average molecular weight is 329 g/mol. The molecule has 0 fully saturated rings. The van der Waals surface area contributed by atoms with Gasteiger partial charge in [-0.05, 0) is 39.9 Å². The van der Waals surface area contributed by atoms with Crippen molar-refractivity contribution in [2.24, 2.45) is 0 Å². The first-order valence-electron chi connectivity index (χ1n) is 8.37. The highest BCUT2D eigenvalue weighted by Gasteiger charge is 2.33. The number of amides is 1. The predicted molar refractivity (Wildman–Crippen MR) is 98.6 cm³/mol. The molecule has 1 aliphatic rings. The lowest BCUT2D eigenvalue weighted by Gasteiger charge is -2.14. The molecule has 0 aliphatic heterocycles. The number of rotatable bonds is 4. The zero-order valence-electron chi connectivity index (χ0n) is 14.0. The Morgan fingerprint density at radius 1 is 0.880 bits per heavy atom. The lowest BCUT2D eigenvalue weighted by molar-refractivity contribution is -0.121. The van der Waals surface area contributed by atoms with E-state index in [9.17, 15) is 4.79 Å². The number of carbonyl (C=O) groups excluding carboxylic acids is 1. The van der Waals surface area contributed by atoms with Gasteiger partial charge >= 0.3 is 0 Å². The van der Waals surface area contributed by atoms with Crippen molar-refractivity contribution in [3.05, 3.63) is 89.5 Å². The van der Waals surface area contributed by atoms with Crippen LogP contribution in [0.25, 0.3) is 11.1 Å². The summed E-state index contributed by atoms with van der Waals surface area (Å²) in [6.07, 6.45) is 0. The van der Waals surface area contributed by atoms with Crippen molar-refractivity contribution in [2.75, 3.05) is 7.11 Å². The second-order valence-corrected chi connectivity index (χ2v) is 6.17. The number of ether oxygens (including phenoxy) is 1. The van der Waals surface area contributed by atoms with Crippen LogP contribution >= 0.6 is 0 Å². The number of hydrogen-bond donors (Lipinski definition) is 1. The Kier molecular flexibility index (Phi) is 3.98. The average Bonchev–Trinajstić information content (AvgIpc) is 3.01. The van der Waals surface area contributed by atoms with Crippen molar-refractivity contribution in [3.63, 3.8) is 0 Å². The van der Waals surface area contributed by atoms with Gasteiger partial charge in [-0.1, -0.05) is 60.7 Å². The molecule has 25 heavy (non-hydrogen) atoms. The minimum absolute atomic E-state index is 0.0354. The van der Waals surface area contributed by atoms with Crippen LogP contribution in [0.1, 0.15) is 22.6 Å². The van der Waals surface area contributed by atoms with Crippen molar-refractivity contribution >= 4 is 5.91 Å². The van der Waals surface area contributed by atoms with Crippen LogP contribution in [0.5, 0.6) is 5.75 Å². The molecule has 0 radical (unpaired) electrons. The van der Waals surface area contributed by atoms with Gasteiger partial charge in [0.2, 0.25) is 5.91 Å². The molecule has 0 saturated heterocycles. The number of carbonyl (C=O) groups is 1. The minimum Gasteiger partial charge on any atom is -0.497 e. The molecule has 0 atom stereocenters. The number of benzene rings is 3. The van der Waals surface area contributed by atoms with Crippen LogP contribution < -0.4 is 10.1 Å². The summed E-state index contributed by atoms with van der Waals surface area (Å²) in [4.78, 5) is 12.9. The van der Waals surface area contributed by atoms with Gasteiger partial charge in [-0.2, -0.15) is 0 Å². The molecule has 0 aromatic heterocycles. The van der Waals surface area contributed by atoms with Crippen molar-refractivity contribution < 1.29 is 9.53 Å². The van der Waals surface area contributed by atoms with Gasteiger partial charge in [-0.3, -0.25) is 4.79 Å². The predicted octanol–water partition coefficient (Wildman–Crippen LogP) is 4.12. The Labute approximate surface area is 147 Å². The van der Waals surface area contributed by atoms with Crippen LogP contribution in [0.15, 0.2) is 72.8 Å². The minimum atomic E-state index is -0.245. The lowest BCUT2D eigenvalue weighted by atomic mass is 9.96. The molecule has 3 nitrogen and oxygen atoms in total. The zero-order chi connectivity index (χ0) is 17.2. The summed E-state index contributed by atoms with van der Waals surface area (Å²) >= 11 is 0. The first kappa shape index (κ1) is 15.5. The Hall–Kier alpha value is -3.07. The van der Waals surface area contributed by atoms with Crippen LogP contribution in [0.2, 0.25) is 0 Å². The van der Waals surface area contributed by atoms with Gasteiger partial charge in [0.15, 0.2) is 0 Å². The van der Waals surface area contributed by atoms with Crippen molar-refractivity contribution in [1.82, 2.24) is 5.32 Å². The molecular formula is C22H19NO2. The van der Waals surface area contributed by atoms with Gasteiger partial charge < -0.3 is 10.1 Å². The van der Waals surface area contributed by atoms with Crippen molar-refractivity contribution in [1.29, 1.82) is 0 Å². The topological polar surface area (TPSA) is 38.3 Å². The molecule has 1 aliphatic carbocycles. The van der Waals surface area contributed by atoms with Gasteiger partial charge in [0, 0.05) is 6.54 Å². The van der Waals surface area contributed by atoms with E-state index in [0.717, 1.165) is 33.6 Å². The molecule has 0 bridgehead atoms. The van der Waals surface area contributed by atoms with Crippen LogP contribution in [-0.4, -0.2) is 13.0 Å². The monoisotopic (exact) mass is 329 g/mol. The second kappa shape index (κ2) is 6.44.